The van der Waals surface area contributed by atoms with Crippen LogP contribution in [0.4, 0.5) is 13.2 Å². The Kier molecular flexibility index (Phi) is 7.04. The number of hydrogen-bond donors (Lipinski definition) is 1. The van der Waals surface area contributed by atoms with Gasteiger partial charge in [-0.3, -0.25) is 9.69 Å². The fourth-order valence-corrected chi connectivity index (χ4v) is 5.16. The molecule has 2 saturated heterocycles. The molecule has 2 aromatic carbocycles. The summed E-state index contributed by atoms with van der Waals surface area (Å²) in [7, 11) is 0. The van der Waals surface area contributed by atoms with Crippen LogP contribution in [0, 0.1) is 5.92 Å². The molecule has 1 aromatic heterocycles. The Morgan fingerprint density at radius 2 is 1.84 bits per heavy atom. The van der Waals surface area contributed by atoms with Crippen LogP contribution in [0.15, 0.2) is 53.1 Å². The van der Waals surface area contributed by atoms with E-state index in [-0.39, 0.29) is 5.92 Å². The lowest BCUT2D eigenvalue weighted by atomic mass is 9.70. The van der Waals surface area contributed by atoms with Gasteiger partial charge in [0.2, 0.25) is 11.7 Å². The van der Waals surface area contributed by atoms with E-state index in [1.807, 2.05) is 24.3 Å². The first-order valence-electron chi connectivity index (χ1n) is 12.3. The fourth-order valence-electron chi connectivity index (χ4n) is 5.16. The van der Waals surface area contributed by atoms with Crippen molar-refractivity contribution in [2.45, 2.75) is 43.8 Å². The minimum atomic E-state index is -4.39. The molecule has 3 heterocycles. The van der Waals surface area contributed by atoms with Crippen LogP contribution < -0.4 is 0 Å². The Labute approximate surface area is 212 Å². The van der Waals surface area contributed by atoms with Gasteiger partial charge in [-0.25, -0.2) is 0 Å². The normalized spacial score (nSPS) is 18.5. The molecule has 0 saturated carbocycles. The number of nitrogens with zero attached hydrogens (tertiary/aromatic N) is 3. The molecule has 0 amide bonds. The molecule has 0 aliphatic carbocycles. The number of carboxylic acid groups (broad SMARTS) is 1. The molecule has 0 radical (unpaired) electrons. The lowest BCUT2D eigenvalue weighted by Gasteiger charge is -2.38. The lowest BCUT2D eigenvalue weighted by molar-refractivity contribution is -0.147. The highest BCUT2D eigenvalue weighted by atomic mass is 19.4. The summed E-state index contributed by atoms with van der Waals surface area (Å²) in [6.45, 7) is 2.78. The van der Waals surface area contributed by atoms with E-state index in [9.17, 15) is 18.0 Å². The van der Waals surface area contributed by atoms with Crippen molar-refractivity contribution in [2.24, 2.45) is 5.92 Å². The number of aryl methyl sites for hydroxylation is 1. The van der Waals surface area contributed by atoms with Crippen molar-refractivity contribution in [3.8, 4) is 11.4 Å². The molecule has 0 atom stereocenters. The number of carbonyl (C=O) groups is 1. The number of aliphatic carboxylic acids is 1. The molecule has 2 aliphatic heterocycles. The summed E-state index contributed by atoms with van der Waals surface area (Å²) >= 11 is 0. The minimum Gasteiger partial charge on any atom is -0.481 e. The van der Waals surface area contributed by atoms with E-state index in [0.717, 1.165) is 17.2 Å². The fraction of sp³-hybridized carbons (Fsp3) is 0.444. The van der Waals surface area contributed by atoms with Crippen LogP contribution in [-0.4, -0.2) is 52.4 Å². The SMILES string of the molecule is O=C(O)C1CN(Cc2ccc(-c3noc(CCC4(c5cccc(C(F)(F)F)c5)CCOCC4)n3)cc2)C1. The van der Waals surface area contributed by atoms with Crippen LogP contribution in [0.2, 0.25) is 0 Å². The van der Waals surface area contributed by atoms with E-state index in [1.165, 1.54) is 12.1 Å². The average molecular weight is 516 g/mol. The maximum atomic E-state index is 13.3. The summed E-state index contributed by atoms with van der Waals surface area (Å²) in [5.41, 5.74) is 1.43. The molecule has 1 N–H and O–H groups in total. The van der Waals surface area contributed by atoms with Crippen molar-refractivity contribution < 1.29 is 32.3 Å². The van der Waals surface area contributed by atoms with Gasteiger partial charge in [0, 0.05) is 50.2 Å². The van der Waals surface area contributed by atoms with Gasteiger partial charge in [0.15, 0.2) is 0 Å². The first-order valence-corrected chi connectivity index (χ1v) is 12.3. The Morgan fingerprint density at radius 1 is 1.11 bits per heavy atom. The number of likely N-dealkylation sites (tertiary alicyclic amines) is 1. The average Bonchev–Trinajstić information content (AvgIpc) is 3.34. The molecule has 2 aliphatic rings. The Bertz CT molecular complexity index is 1230. The Balaban J connectivity index is 1.24. The van der Waals surface area contributed by atoms with Crippen LogP contribution in [0.3, 0.4) is 0 Å². The van der Waals surface area contributed by atoms with Crippen LogP contribution in [0.25, 0.3) is 11.4 Å². The molecule has 196 valence electrons. The van der Waals surface area contributed by atoms with Crippen molar-refractivity contribution in [1.29, 1.82) is 0 Å². The van der Waals surface area contributed by atoms with Crippen molar-refractivity contribution >= 4 is 5.97 Å². The van der Waals surface area contributed by atoms with Gasteiger partial charge in [-0.15, -0.1) is 0 Å². The molecule has 2 fully saturated rings. The van der Waals surface area contributed by atoms with Gasteiger partial charge in [0.1, 0.15) is 0 Å². The van der Waals surface area contributed by atoms with Crippen LogP contribution >= 0.6 is 0 Å². The summed E-state index contributed by atoms with van der Waals surface area (Å²) in [5.74, 6) is -0.142. The lowest BCUT2D eigenvalue weighted by Crippen LogP contribution is -2.49. The molecule has 37 heavy (non-hydrogen) atoms. The predicted molar refractivity (Wildman–Crippen MR) is 128 cm³/mol. The second kappa shape index (κ2) is 10.3. The standard InChI is InChI=1S/C27H28F3N3O4/c28-27(29,30)22-3-1-2-21(14-22)26(10-12-36-13-11-26)9-8-23-31-24(32-37-23)19-6-4-18(5-7-19)15-33-16-20(17-33)25(34)35/h1-7,14,20H,8-13,15-17H2,(H,34,35). The van der Waals surface area contributed by atoms with E-state index >= 15 is 0 Å². The van der Waals surface area contributed by atoms with Crippen molar-refractivity contribution in [2.75, 3.05) is 26.3 Å². The summed E-state index contributed by atoms with van der Waals surface area (Å²) in [4.78, 5) is 17.6. The van der Waals surface area contributed by atoms with Crippen molar-refractivity contribution in [3.63, 3.8) is 0 Å². The number of ether oxygens (including phenoxy) is 1. The zero-order valence-corrected chi connectivity index (χ0v) is 20.2. The monoisotopic (exact) mass is 515 g/mol. The zero-order valence-electron chi connectivity index (χ0n) is 20.2. The van der Waals surface area contributed by atoms with Gasteiger partial charge in [0.25, 0.3) is 0 Å². The second-order valence-corrected chi connectivity index (χ2v) is 9.91. The summed E-state index contributed by atoms with van der Waals surface area (Å²) in [5, 5.41) is 13.1. The largest absolute Gasteiger partial charge is 0.481 e. The third-order valence-electron chi connectivity index (χ3n) is 7.46. The summed E-state index contributed by atoms with van der Waals surface area (Å²) in [6, 6.07) is 13.3. The van der Waals surface area contributed by atoms with Gasteiger partial charge in [0.05, 0.1) is 11.5 Å². The highest BCUT2D eigenvalue weighted by molar-refractivity contribution is 5.71. The van der Waals surface area contributed by atoms with E-state index < -0.39 is 23.1 Å². The van der Waals surface area contributed by atoms with E-state index in [0.29, 0.717) is 75.8 Å². The number of aromatic nitrogens is 2. The van der Waals surface area contributed by atoms with Crippen LogP contribution in [0.5, 0.6) is 0 Å². The number of halogens is 3. The quantitative estimate of drug-likeness (QED) is 0.454. The van der Waals surface area contributed by atoms with Crippen LogP contribution in [0.1, 0.15) is 41.8 Å². The topological polar surface area (TPSA) is 88.7 Å². The highest BCUT2D eigenvalue weighted by Crippen LogP contribution is 2.41. The number of hydrogen-bond acceptors (Lipinski definition) is 6. The first kappa shape index (κ1) is 25.4. The van der Waals surface area contributed by atoms with Gasteiger partial charge in [-0.2, -0.15) is 18.2 Å². The molecule has 3 aromatic rings. The molecule has 10 heteroatoms. The summed E-state index contributed by atoms with van der Waals surface area (Å²) < 4.78 is 51.0. The van der Waals surface area contributed by atoms with E-state index in [2.05, 4.69) is 15.0 Å². The van der Waals surface area contributed by atoms with E-state index in [4.69, 9.17) is 14.4 Å². The maximum Gasteiger partial charge on any atom is 0.416 e. The summed E-state index contributed by atoms with van der Waals surface area (Å²) in [6.07, 6.45) is -2.12. The van der Waals surface area contributed by atoms with Crippen molar-refractivity contribution in [1.82, 2.24) is 15.0 Å². The highest BCUT2D eigenvalue weighted by Gasteiger charge is 2.37. The molecule has 0 spiro atoms. The number of benzene rings is 2. The Morgan fingerprint density at radius 3 is 2.51 bits per heavy atom. The van der Waals surface area contributed by atoms with Crippen molar-refractivity contribution in [3.05, 3.63) is 71.1 Å². The molecule has 0 unspecified atom stereocenters. The molecule has 0 bridgehead atoms. The molecule has 5 rings (SSSR count). The van der Waals surface area contributed by atoms with Crippen LogP contribution in [-0.2, 0) is 34.1 Å². The smallest absolute Gasteiger partial charge is 0.416 e. The van der Waals surface area contributed by atoms with Gasteiger partial charge in [-0.05, 0) is 36.5 Å². The zero-order chi connectivity index (χ0) is 26.0. The van der Waals surface area contributed by atoms with E-state index in [1.54, 1.807) is 6.07 Å². The number of carboxylic acids is 1. The predicted octanol–water partition coefficient (Wildman–Crippen LogP) is 4.95. The molecule has 7 nitrogen and oxygen atoms in total. The third kappa shape index (κ3) is 5.70. The Hall–Kier alpha value is -3.24. The number of alkyl halides is 3. The number of rotatable bonds is 8. The second-order valence-electron chi connectivity index (χ2n) is 9.91. The van der Waals surface area contributed by atoms with Gasteiger partial charge < -0.3 is 14.4 Å². The minimum absolute atomic E-state index is 0.286. The van der Waals surface area contributed by atoms with Gasteiger partial charge in [-0.1, -0.05) is 47.6 Å². The molecular weight excluding hydrogens is 487 g/mol. The van der Waals surface area contributed by atoms with Gasteiger partial charge >= 0.3 is 12.1 Å². The maximum absolute atomic E-state index is 13.3. The molecular formula is C27H28F3N3O4. The first-order chi connectivity index (χ1) is 17.7. The third-order valence-corrected chi connectivity index (χ3v) is 7.46.